The number of para-hydroxylation sites is 1. The van der Waals surface area contributed by atoms with E-state index in [4.69, 9.17) is 4.74 Å². The zero-order chi connectivity index (χ0) is 18.7. The summed E-state index contributed by atoms with van der Waals surface area (Å²) in [6, 6.07) is 13.4. The first-order valence-electron chi connectivity index (χ1n) is 8.31. The van der Waals surface area contributed by atoms with Crippen molar-refractivity contribution in [1.29, 1.82) is 0 Å². The third-order valence-electron chi connectivity index (χ3n) is 4.31. The van der Waals surface area contributed by atoms with Gasteiger partial charge in [-0.1, -0.05) is 29.5 Å². The molecule has 0 radical (unpaired) electrons. The Kier molecular flexibility index (Phi) is 5.32. The summed E-state index contributed by atoms with van der Waals surface area (Å²) in [5, 5.41) is 0. The summed E-state index contributed by atoms with van der Waals surface area (Å²) >= 11 is 1.44. The minimum atomic E-state index is -0.292. The largest absolute Gasteiger partial charge is 0.469 e. The second-order valence-corrected chi connectivity index (χ2v) is 7.06. The molecule has 0 bridgehead atoms. The molecule has 6 heteroatoms. The Bertz CT molecular complexity index is 1050. The standard InChI is InChI=1S/C20H20N2O3S/c1-13-8-9-15(12-14(13)2)19(24)21-20-22(11-10-18(23)25-3)16-6-4-5-7-17(16)26-20/h4-9,12H,10-11H2,1-3H3. The number of hydrogen-bond donors (Lipinski definition) is 0. The summed E-state index contributed by atoms with van der Waals surface area (Å²) in [6.45, 7) is 4.39. The highest BCUT2D eigenvalue weighted by atomic mass is 32.1. The van der Waals surface area contributed by atoms with E-state index in [1.54, 1.807) is 6.07 Å². The number of rotatable bonds is 4. The molecule has 1 amide bonds. The number of fused-ring (bicyclic) bond motifs is 1. The predicted octanol–water partition coefficient (Wildman–Crippen LogP) is 3.62. The first-order valence-corrected chi connectivity index (χ1v) is 9.12. The van der Waals surface area contributed by atoms with Crippen LogP contribution >= 0.6 is 11.3 Å². The van der Waals surface area contributed by atoms with Crippen LogP contribution in [-0.2, 0) is 16.1 Å². The number of carbonyl (C=O) groups is 2. The van der Waals surface area contributed by atoms with Gasteiger partial charge in [0.05, 0.1) is 23.7 Å². The average molecular weight is 368 g/mol. The van der Waals surface area contributed by atoms with Gasteiger partial charge in [-0.3, -0.25) is 9.59 Å². The molecule has 0 aliphatic carbocycles. The summed E-state index contributed by atoms with van der Waals surface area (Å²) in [5.74, 6) is -0.578. The highest BCUT2D eigenvalue weighted by molar-refractivity contribution is 7.16. The molecule has 1 aromatic heterocycles. The number of methoxy groups -OCH3 is 1. The minimum Gasteiger partial charge on any atom is -0.469 e. The number of thiazole rings is 1. The fraction of sp³-hybridized carbons (Fsp3) is 0.250. The Balaban J connectivity index is 2.04. The first-order chi connectivity index (χ1) is 12.5. The Labute approximate surface area is 155 Å². The van der Waals surface area contributed by atoms with Crippen molar-refractivity contribution in [1.82, 2.24) is 4.57 Å². The maximum absolute atomic E-state index is 12.6. The number of amides is 1. The zero-order valence-corrected chi connectivity index (χ0v) is 15.8. The van der Waals surface area contributed by atoms with Gasteiger partial charge in [-0.25, -0.2) is 0 Å². The number of aromatic nitrogens is 1. The number of esters is 1. The molecule has 0 fully saturated rings. The van der Waals surface area contributed by atoms with E-state index in [1.807, 2.05) is 54.8 Å². The molecule has 134 valence electrons. The number of hydrogen-bond acceptors (Lipinski definition) is 4. The molecule has 3 aromatic rings. The second kappa shape index (κ2) is 7.66. The van der Waals surface area contributed by atoms with Gasteiger partial charge < -0.3 is 9.30 Å². The normalized spacial score (nSPS) is 11.7. The summed E-state index contributed by atoms with van der Waals surface area (Å²) in [4.78, 5) is 29.1. The summed E-state index contributed by atoms with van der Waals surface area (Å²) in [6.07, 6.45) is 0.224. The van der Waals surface area contributed by atoms with Crippen molar-refractivity contribution in [3.05, 3.63) is 64.0 Å². The van der Waals surface area contributed by atoms with Crippen LogP contribution in [0, 0.1) is 13.8 Å². The van der Waals surface area contributed by atoms with Gasteiger partial charge in [-0.15, -0.1) is 0 Å². The third kappa shape index (κ3) is 3.75. The van der Waals surface area contributed by atoms with E-state index in [-0.39, 0.29) is 18.3 Å². The molecule has 0 spiro atoms. The van der Waals surface area contributed by atoms with Gasteiger partial charge in [-0.05, 0) is 49.2 Å². The van der Waals surface area contributed by atoms with E-state index in [0.29, 0.717) is 16.9 Å². The highest BCUT2D eigenvalue weighted by Gasteiger charge is 2.11. The fourth-order valence-corrected chi connectivity index (χ4v) is 3.71. The molecule has 3 rings (SSSR count). The highest BCUT2D eigenvalue weighted by Crippen LogP contribution is 2.17. The van der Waals surface area contributed by atoms with E-state index < -0.39 is 0 Å². The predicted molar refractivity (Wildman–Crippen MR) is 102 cm³/mol. The quantitative estimate of drug-likeness (QED) is 0.661. The van der Waals surface area contributed by atoms with Gasteiger partial charge in [0, 0.05) is 12.1 Å². The Morgan fingerprint density at radius 1 is 1.12 bits per heavy atom. The zero-order valence-electron chi connectivity index (χ0n) is 15.0. The van der Waals surface area contributed by atoms with Crippen LogP contribution in [0.25, 0.3) is 10.2 Å². The molecule has 26 heavy (non-hydrogen) atoms. The van der Waals surface area contributed by atoms with Gasteiger partial charge in [0.25, 0.3) is 5.91 Å². The van der Waals surface area contributed by atoms with Crippen LogP contribution in [0.2, 0.25) is 0 Å². The van der Waals surface area contributed by atoms with Crippen LogP contribution in [0.4, 0.5) is 0 Å². The number of nitrogens with zero attached hydrogens (tertiary/aromatic N) is 2. The maximum atomic E-state index is 12.6. The van der Waals surface area contributed by atoms with Crippen LogP contribution in [0.3, 0.4) is 0 Å². The van der Waals surface area contributed by atoms with E-state index in [0.717, 1.165) is 21.3 Å². The van der Waals surface area contributed by atoms with Crippen molar-refractivity contribution >= 4 is 33.4 Å². The second-order valence-electron chi connectivity index (χ2n) is 6.05. The van der Waals surface area contributed by atoms with Gasteiger partial charge in [0.15, 0.2) is 4.80 Å². The lowest BCUT2D eigenvalue weighted by Crippen LogP contribution is -2.19. The number of ether oxygens (including phenoxy) is 1. The van der Waals surface area contributed by atoms with Crippen molar-refractivity contribution in [3.8, 4) is 0 Å². The Morgan fingerprint density at radius 3 is 2.62 bits per heavy atom. The summed E-state index contributed by atoms with van der Waals surface area (Å²) < 4.78 is 7.65. The van der Waals surface area contributed by atoms with E-state index in [1.165, 1.54) is 18.4 Å². The molecular weight excluding hydrogens is 348 g/mol. The van der Waals surface area contributed by atoms with Gasteiger partial charge in [0.1, 0.15) is 0 Å². The summed E-state index contributed by atoms with van der Waals surface area (Å²) in [7, 11) is 1.37. The third-order valence-corrected chi connectivity index (χ3v) is 5.37. The van der Waals surface area contributed by atoms with Crippen LogP contribution in [0.15, 0.2) is 47.5 Å². The van der Waals surface area contributed by atoms with Crippen molar-refractivity contribution < 1.29 is 14.3 Å². The van der Waals surface area contributed by atoms with Crippen molar-refractivity contribution in [2.75, 3.05) is 7.11 Å². The fourth-order valence-electron chi connectivity index (χ4n) is 2.65. The van der Waals surface area contributed by atoms with Gasteiger partial charge in [-0.2, -0.15) is 4.99 Å². The summed E-state index contributed by atoms with van der Waals surface area (Å²) in [5.41, 5.74) is 3.70. The lowest BCUT2D eigenvalue weighted by atomic mass is 10.1. The Morgan fingerprint density at radius 2 is 1.88 bits per heavy atom. The maximum Gasteiger partial charge on any atom is 0.307 e. The molecular formula is C20H20N2O3S. The molecule has 0 unspecified atom stereocenters. The van der Waals surface area contributed by atoms with Gasteiger partial charge >= 0.3 is 5.97 Å². The monoisotopic (exact) mass is 368 g/mol. The van der Waals surface area contributed by atoms with Crippen LogP contribution in [-0.4, -0.2) is 23.6 Å². The van der Waals surface area contributed by atoms with Crippen LogP contribution in [0.5, 0.6) is 0 Å². The van der Waals surface area contributed by atoms with Crippen molar-refractivity contribution in [3.63, 3.8) is 0 Å². The topological polar surface area (TPSA) is 60.7 Å². The molecule has 0 atom stereocenters. The lowest BCUT2D eigenvalue weighted by molar-refractivity contribution is -0.140. The van der Waals surface area contributed by atoms with Crippen LogP contribution < -0.4 is 4.80 Å². The molecule has 0 saturated heterocycles. The smallest absolute Gasteiger partial charge is 0.307 e. The number of aryl methyl sites for hydroxylation is 3. The lowest BCUT2D eigenvalue weighted by Gasteiger charge is -2.04. The van der Waals surface area contributed by atoms with E-state index in [9.17, 15) is 9.59 Å². The van der Waals surface area contributed by atoms with Crippen molar-refractivity contribution in [2.24, 2.45) is 4.99 Å². The average Bonchev–Trinajstić information content (AvgIpc) is 2.98. The molecule has 0 N–H and O–H groups in total. The first kappa shape index (κ1) is 18.1. The Hall–Kier alpha value is -2.73. The van der Waals surface area contributed by atoms with E-state index >= 15 is 0 Å². The van der Waals surface area contributed by atoms with Gasteiger partial charge in [0.2, 0.25) is 0 Å². The molecule has 1 heterocycles. The number of carbonyl (C=O) groups excluding carboxylic acids is 2. The van der Waals surface area contributed by atoms with Crippen LogP contribution in [0.1, 0.15) is 27.9 Å². The van der Waals surface area contributed by atoms with E-state index in [2.05, 4.69) is 4.99 Å². The SMILES string of the molecule is COC(=O)CCn1c(=NC(=O)c2ccc(C)c(C)c2)sc2ccccc21. The molecule has 2 aromatic carbocycles. The molecule has 0 aliphatic rings. The molecule has 0 aliphatic heterocycles. The van der Waals surface area contributed by atoms with Crippen molar-refractivity contribution in [2.45, 2.75) is 26.8 Å². The molecule has 5 nitrogen and oxygen atoms in total. The minimum absolute atomic E-state index is 0.224. The molecule has 0 saturated carbocycles. The number of benzene rings is 2.